The van der Waals surface area contributed by atoms with E-state index in [2.05, 4.69) is 24.1 Å². The predicted octanol–water partition coefficient (Wildman–Crippen LogP) is 2.12. The van der Waals surface area contributed by atoms with E-state index in [4.69, 9.17) is 4.74 Å². The predicted molar refractivity (Wildman–Crippen MR) is 71.6 cm³/mol. The number of nitrogens with one attached hydrogen (secondary N) is 1. The minimum absolute atomic E-state index is 0.203. The van der Waals surface area contributed by atoms with Crippen molar-refractivity contribution in [3.05, 3.63) is 0 Å². The molecule has 0 aromatic carbocycles. The highest BCUT2D eigenvalue weighted by molar-refractivity contribution is 5.03. The maximum absolute atomic E-state index is 12.0. The van der Waals surface area contributed by atoms with Crippen molar-refractivity contribution in [2.75, 3.05) is 32.8 Å². The van der Waals surface area contributed by atoms with E-state index in [9.17, 15) is 8.78 Å². The van der Waals surface area contributed by atoms with Gasteiger partial charge in [0.05, 0.1) is 6.61 Å². The van der Waals surface area contributed by atoms with Gasteiger partial charge in [-0.2, -0.15) is 0 Å². The van der Waals surface area contributed by atoms with Crippen molar-refractivity contribution in [1.29, 1.82) is 0 Å². The molecule has 1 N–H and O–H groups in total. The minimum atomic E-state index is -2.36. The van der Waals surface area contributed by atoms with Crippen LogP contribution >= 0.6 is 0 Å². The molecule has 1 heterocycles. The smallest absolute Gasteiger partial charge is 0.261 e. The second kappa shape index (κ2) is 6.46. The largest absolute Gasteiger partial charge is 0.374 e. The topological polar surface area (TPSA) is 24.5 Å². The minimum Gasteiger partial charge on any atom is -0.374 e. The molecule has 0 bridgehead atoms. The van der Waals surface area contributed by atoms with E-state index in [0.717, 1.165) is 32.0 Å². The second-order valence-corrected chi connectivity index (χ2v) is 6.07. The van der Waals surface area contributed by atoms with Crippen LogP contribution < -0.4 is 5.32 Å². The molecular formula is C14H26F2N2O. The summed E-state index contributed by atoms with van der Waals surface area (Å²) >= 11 is 0. The average Bonchev–Trinajstić information content (AvgIpc) is 3.19. The van der Waals surface area contributed by atoms with Gasteiger partial charge in [0.2, 0.25) is 0 Å². The summed E-state index contributed by atoms with van der Waals surface area (Å²) in [7, 11) is 0. The Morgan fingerprint density at radius 1 is 1.42 bits per heavy atom. The van der Waals surface area contributed by atoms with Crippen molar-refractivity contribution in [3.8, 4) is 0 Å². The van der Waals surface area contributed by atoms with Crippen LogP contribution in [0.5, 0.6) is 0 Å². The molecule has 0 aromatic heterocycles. The lowest BCUT2D eigenvalue weighted by molar-refractivity contribution is -0.00582. The molecule has 0 amide bonds. The van der Waals surface area contributed by atoms with Crippen molar-refractivity contribution in [2.45, 2.75) is 51.1 Å². The molecule has 0 aromatic rings. The van der Waals surface area contributed by atoms with Crippen LogP contribution in [0.25, 0.3) is 0 Å². The molecule has 1 saturated heterocycles. The number of halogens is 2. The first-order valence-corrected chi connectivity index (χ1v) is 7.40. The quantitative estimate of drug-likeness (QED) is 0.721. The number of ether oxygens (including phenoxy) is 1. The van der Waals surface area contributed by atoms with Crippen molar-refractivity contribution >= 4 is 0 Å². The van der Waals surface area contributed by atoms with Gasteiger partial charge in [-0.05, 0) is 32.1 Å². The van der Waals surface area contributed by atoms with Crippen LogP contribution in [-0.2, 0) is 4.74 Å². The van der Waals surface area contributed by atoms with E-state index < -0.39 is 13.0 Å². The van der Waals surface area contributed by atoms with Crippen LogP contribution in [0.2, 0.25) is 0 Å². The molecular weight excluding hydrogens is 250 g/mol. The Hall–Kier alpha value is -0.260. The van der Waals surface area contributed by atoms with Gasteiger partial charge in [-0.1, -0.05) is 6.92 Å². The lowest BCUT2D eigenvalue weighted by Gasteiger charge is -2.46. The molecule has 112 valence electrons. The third-order valence-corrected chi connectivity index (χ3v) is 4.51. The lowest BCUT2D eigenvalue weighted by Crippen LogP contribution is -2.64. The highest BCUT2D eigenvalue weighted by atomic mass is 19.3. The first-order valence-electron chi connectivity index (χ1n) is 7.40. The van der Waals surface area contributed by atoms with Gasteiger partial charge in [0.1, 0.15) is 6.61 Å². The standard InChI is InChI=1S/C14H26F2N2O/c1-3-12-8-17-14(2,11-4-5-11)10-18(12)6-7-19-9-13(15)16/h11-13,17H,3-10H2,1-2H3. The second-order valence-electron chi connectivity index (χ2n) is 6.07. The molecule has 0 spiro atoms. The zero-order valence-corrected chi connectivity index (χ0v) is 12.0. The van der Waals surface area contributed by atoms with E-state index in [1.54, 1.807) is 0 Å². The lowest BCUT2D eigenvalue weighted by atomic mass is 9.90. The summed E-state index contributed by atoms with van der Waals surface area (Å²) in [6.07, 6.45) is 1.36. The van der Waals surface area contributed by atoms with Gasteiger partial charge in [-0.15, -0.1) is 0 Å². The van der Waals surface area contributed by atoms with Crippen LogP contribution in [0.4, 0.5) is 8.78 Å². The zero-order valence-electron chi connectivity index (χ0n) is 12.0. The number of rotatable bonds is 7. The van der Waals surface area contributed by atoms with E-state index >= 15 is 0 Å². The number of piperazine rings is 1. The van der Waals surface area contributed by atoms with Crippen LogP contribution in [-0.4, -0.2) is 55.8 Å². The van der Waals surface area contributed by atoms with Gasteiger partial charge in [0.15, 0.2) is 0 Å². The van der Waals surface area contributed by atoms with Crippen LogP contribution in [0.15, 0.2) is 0 Å². The first-order chi connectivity index (χ1) is 9.05. The molecule has 1 saturated carbocycles. The third kappa shape index (κ3) is 4.10. The van der Waals surface area contributed by atoms with Gasteiger partial charge in [-0.3, -0.25) is 4.90 Å². The fraction of sp³-hybridized carbons (Fsp3) is 1.00. The Labute approximate surface area is 114 Å². The Morgan fingerprint density at radius 3 is 2.74 bits per heavy atom. The Balaban J connectivity index is 1.80. The molecule has 0 radical (unpaired) electrons. The molecule has 3 nitrogen and oxygen atoms in total. The SMILES string of the molecule is CCC1CNC(C)(C2CC2)CN1CCOCC(F)F. The monoisotopic (exact) mass is 276 g/mol. The summed E-state index contributed by atoms with van der Waals surface area (Å²) in [6, 6.07) is 0.502. The van der Waals surface area contributed by atoms with E-state index in [1.165, 1.54) is 12.8 Å². The van der Waals surface area contributed by atoms with Gasteiger partial charge < -0.3 is 10.1 Å². The van der Waals surface area contributed by atoms with Gasteiger partial charge in [-0.25, -0.2) is 8.78 Å². The van der Waals surface area contributed by atoms with E-state index in [1.807, 2.05) is 0 Å². The normalized spacial score (nSPS) is 33.0. The summed E-state index contributed by atoms with van der Waals surface area (Å²) in [6.45, 7) is 7.20. The number of nitrogens with zero attached hydrogens (tertiary/aromatic N) is 1. The number of hydrogen-bond acceptors (Lipinski definition) is 3. The molecule has 2 fully saturated rings. The molecule has 5 heteroatoms. The van der Waals surface area contributed by atoms with Crippen LogP contribution in [0.1, 0.15) is 33.1 Å². The fourth-order valence-corrected chi connectivity index (χ4v) is 3.10. The Kier molecular flexibility index (Phi) is 5.15. The maximum atomic E-state index is 12.0. The van der Waals surface area contributed by atoms with Crippen molar-refractivity contribution in [3.63, 3.8) is 0 Å². The zero-order chi connectivity index (χ0) is 13.9. The Bertz CT molecular complexity index is 287. The van der Waals surface area contributed by atoms with Gasteiger partial charge >= 0.3 is 0 Å². The highest BCUT2D eigenvalue weighted by Gasteiger charge is 2.45. The molecule has 2 atom stereocenters. The molecule has 2 rings (SSSR count). The summed E-state index contributed by atoms with van der Waals surface area (Å²) in [5.74, 6) is 0.787. The number of hydrogen-bond donors (Lipinski definition) is 1. The molecule has 19 heavy (non-hydrogen) atoms. The molecule has 2 unspecified atom stereocenters. The highest BCUT2D eigenvalue weighted by Crippen LogP contribution is 2.41. The Morgan fingerprint density at radius 2 is 2.16 bits per heavy atom. The van der Waals surface area contributed by atoms with E-state index in [0.29, 0.717) is 12.6 Å². The van der Waals surface area contributed by atoms with Crippen LogP contribution in [0, 0.1) is 5.92 Å². The first kappa shape index (κ1) is 15.1. The fourth-order valence-electron chi connectivity index (χ4n) is 3.10. The summed E-state index contributed by atoms with van der Waals surface area (Å²) in [5, 5.41) is 3.69. The molecule has 1 aliphatic heterocycles. The van der Waals surface area contributed by atoms with Crippen molar-refractivity contribution in [1.82, 2.24) is 10.2 Å². The van der Waals surface area contributed by atoms with Gasteiger partial charge in [0.25, 0.3) is 6.43 Å². The van der Waals surface area contributed by atoms with Crippen molar-refractivity contribution in [2.24, 2.45) is 5.92 Å². The third-order valence-electron chi connectivity index (χ3n) is 4.51. The summed E-state index contributed by atoms with van der Waals surface area (Å²) < 4.78 is 29.1. The van der Waals surface area contributed by atoms with Gasteiger partial charge in [0, 0.05) is 31.2 Å². The van der Waals surface area contributed by atoms with E-state index in [-0.39, 0.29) is 5.54 Å². The number of alkyl halides is 2. The summed E-state index contributed by atoms with van der Waals surface area (Å²) in [5.41, 5.74) is 0.203. The van der Waals surface area contributed by atoms with Crippen LogP contribution in [0.3, 0.4) is 0 Å². The molecule has 1 aliphatic carbocycles. The average molecular weight is 276 g/mol. The summed E-state index contributed by atoms with van der Waals surface area (Å²) in [4.78, 5) is 2.42. The molecule has 2 aliphatic rings. The van der Waals surface area contributed by atoms with Crippen molar-refractivity contribution < 1.29 is 13.5 Å². The maximum Gasteiger partial charge on any atom is 0.261 e.